The van der Waals surface area contributed by atoms with Gasteiger partial charge in [0.15, 0.2) is 11.5 Å². The predicted molar refractivity (Wildman–Crippen MR) is 132 cm³/mol. The number of carbonyl (C=O) groups is 1. The number of hydrogen-bond acceptors (Lipinski definition) is 4. The van der Waals surface area contributed by atoms with Crippen molar-refractivity contribution in [1.29, 1.82) is 0 Å². The largest absolute Gasteiger partial charge is 0.490 e. The van der Waals surface area contributed by atoms with Crippen LogP contribution >= 0.6 is 39.1 Å². The van der Waals surface area contributed by atoms with Crippen molar-refractivity contribution in [3.05, 3.63) is 91.4 Å². The summed E-state index contributed by atoms with van der Waals surface area (Å²) in [5, 5.41) is 5.16. The van der Waals surface area contributed by atoms with Crippen molar-refractivity contribution in [1.82, 2.24) is 5.43 Å². The fraction of sp³-hybridized carbons (Fsp3) is 0.167. The molecule has 3 aromatic carbocycles. The number of nitrogens with zero attached hydrogens (tertiary/aromatic N) is 1. The number of nitrogens with one attached hydrogen (secondary N) is 1. The second kappa shape index (κ2) is 11.4. The lowest BCUT2D eigenvalue weighted by Gasteiger charge is -2.15. The molecule has 0 aliphatic rings. The average molecular weight is 536 g/mol. The third-order valence-corrected chi connectivity index (χ3v) is 5.66. The van der Waals surface area contributed by atoms with Crippen LogP contribution in [0.5, 0.6) is 11.5 Å². The molecule has 3 rings (SSSR count). The molecule has 32 heavy (non-hydrogen) atoms. The van der Waals surface area contributed by atoms with E-state index >= 15 is 0 Å². The van der Waals surface area contributed by atoms with Crippen molar-refractivity contribution in [3.63, 3.8) is 0 Å². The summed E-state index contributed by atoms with van der Waals surface area (Å²) in [6, 6.07) is 16.2. The number of ether oxygens (including phenoxy) is 2. The molecule has 1 amide bonds. The minimum absolute atomic E-state index is 0.245. The molecule has 0 saturated heterocycles. The van der Waals surface area contributed by atoms with Gasteiger partial charge in [0.2, 0.25) is 0 Å². The van der Waals surface area contributed by atoms with Gasteiger partial charge in [0, 0.05) is 21.2 Å². The van der Waals surface area contributed by atoms with Gasteiger partial charge in [-0.15, -0.1) is 0 Å². The third kappa shape index (κ3) is 6.25. The second-order valence-corrected chi connectivity index (χ2v) is 8.50. The molecule has 0 atom stereocenters. The Kier molecular flexibility index (Phi) is 8.56. The van der Waals surface area contributed by atoms with Crippen molar-refractivity contribution in [2.24, 2.45) is 5.10 Å². The van der Waals surface area contributed by atoms with Crippen molar-refractivity contribution < 1.29 is 14.3 Å². The van der Waals surface area contributed by atoms with Gasteiger partial charge in [-0.3, -0.25) is 4.79 Å². The maximum absolute atomic E-state index is 12.3. The number of amides is 1. The lowest BCUT2D eigenvalue weighted by molar-refractivity contribution is 0.0954. The molecule has 0 aromatic heterocycles. The molecule has 0 heterocycles. The summed E-state index contributed by atoms with van der Waals surface area (Å²) < 4.78 is 12.4. The van der Waals surface area contributed by atoms with Gasteiger partial charge in [0.25, 0.3) is 5.91 Å². The molecule has 0 saturated carbocycles. The average Bonchev–Trinajstić information content (AvgIpc) is 2.75. The first-order valence-electron chi connectivity index (χ1n) is 9.81. The molecule has 0 aliphatic carbocycles. The number of hydrogen-bond donors (Lipinski definition) is 1. The van der Waals surface area contributed by atoms with E-state index < -0.39 is 0 Å². The fourth-order valence-electron chi connectivity index (χ4n) is 2.91. The molecule has 0 fully saturated rings. The van der Waals surface area contributed by atoms with E-state index in [2.05, 4.69) is 26.5 Å². The highest BCUT2D eigenvalue weighted by Crippen LogP contribution is 2.37. The Balaban J connectivity index is 1.75. The van der Waals surface area contributed by atoms with E-state index in [4.69, 9.17) is 32.7 Å². The van der Waals surface area contributed by atoms with Crippen molar-refractivity contribution >= 4 is 51.3 Å². The normalized spacial score (nSPS) is 10.9. The Bertz CT molecular complexity index is 1150. The topological polar surface area (TPSA) is 59.9 Å². The number of hydrazone groups is 1. The molecule has 0 unspecified atom stereocenters. The Morgan fingerprint density at radius 3 is 2.62 bits per heavy atom. The van der Waals surface area contributed by atoms with Gasteiger partial charge < -0.3 is 9.47 Å². The fourth-order valence-corrected chi connectivity index (χ4v) is 3.94. The van der Waals surface area contributed by atoms with Crippen LogP contribution in [0.25, 0.3) is 0 Å². The van der Waals surface area contributed by atoms with Crippen LogP contribution in [0.1, 0.15) is 34.0 Å². The molecule has 0 aliphatic heterocycles. The third-order valence-electron chi connectivity index (χ3n) is 4.49. The number of benzene rings is 3. The maximum atomic E-state index is 12.3. The highest BCUT2D eigenvalue weighted by Gasteiger charge is 2.13. The van der Waals surface area contributed by atoms with E-state index in [1.54, 1.807) is 30.5 Å². The van der Waals surface area contributed by atoms with Gasteiger partial charge in [-0.1, -0.05) is 47.5 Å². The van der Waals surface area contributed by atoms with Gasteiger partial charge in [0.05, 0.1) is 17.3 Å². The molecule has 166 valence electrons. The zero-order valence-corrected chi connectivity index (χ0v) is 20.6. The molecule has 3 aromatic rings. The molecule has 5 nitrogen and oxygen atoms in total. The van der Waals surface area contributed by atoms with Gasteiger partial charge in [-0.05, 0) is 71.2 Å². The van der Waals surface area contributed by atoms with Crippen LogP contribution in [-0.4, -0.2) is 18.7 Å². The maximum Gasteiger partial charge on any atom is 0.271 e. The summed E-state index contributed by atoms with van der Waals surface area (Å²) in [7, 11) is 0. The molecular weight excluding hydrogens is 515 g/mol. The Labute approximate surface area is 205 Å². The van der Waals surface area contributed by atoms with Crippen molar-refractivity contribution in [3.8, 4) is 11.5 Å². The number of rotatable bonds is 8. The Morgan fingerprint density at radius 2 is 1.91 bits per heavy atom. The predicted octanol–water partition coefficient (Wildman–Crippen LogP) is 6.81. The number of halogens is 3. The summed E-state index contributed by atoms with van der Waals surface area (Å²) in [5.41, 5.74) is 5.53. The minimum Gasteiger partial charge on any atom is -0.490 e. The minimum atomic E-state index is -0.275. The summed E-state index contributed by atoms with van der Waals surface area (Å²) >= 11 is 15.7. The highest BCUT2D eigenvalue weighted by atomic mass is 79.9. The van der Waals surface area contributed by atoms with E-state index in [0.717, 1.165) is 16.7 Å². The highest BCUT2D eigenvalue weighted by molar-refractivity contribution is 9.10. The van der Waals surface area contributed by atoms with Gasteiger partial charge in [0.1, 0.15) is 6.61 Å². The van der Waals surface area contributed by atoms with Crippen LogP contribution in [0.4, 0.5) is 0 Å². The van der Waals surface area contributed by atoms with Gasteiger partial charge in [-0.2, -0.15) is 5.10 Å². The standard InChI is InChI=1S/C24H21BrCl2N2O3/c1-3-31-22-11-16(13-28-29-24(30)19-7-5-4-6-15(19)2)10-20(25)23(22)32-14-17-8-9-18(26)12-21(17)27/h4-13H,3,14H2,1-2H3,(H,29,30)/b28-13+. The molecule has 8 heteroatoms. The SMILES string of the molecule is CCOc1cc(/C=N/NC(=O)c2ccccc2C)cc(Br)c1OCc1ccc(Cl)cc1Cl. The van der Waals surface area contributed by atoms with Crippen LogP contribution in [0.2, 0.25) is 10.0 Å². The first-order chi connectivity index (χ1) is 15.4. The smallest absolute Gasteiger partial charge is 0.271 e. The van der Waals surface area contributed by atoms with E-state index in [1.165, 1.54) is 0 Å². The Hall–Kier alpha value is -2.54. The monoisotopic (exact) mass is 534 g/mol. The van der Waals surface area contributed by atoms with E-state index in [9.17, 15) is 4.79 Å². The molecule has 0 bridgehead atoms. The van der Waals surface area contributed by atoms with Crippen LogP contribution in [-0.2, 0) is 6.61 Å². The van der Waals surface area contributed by atoms with Crippen molar-refractivity contribution in [2.45, 2.75) is 20.5 Å². The molecule has 0 spiro atoms. The summed E-state index contributed by atoms with van der Waals surface area (Å²) in [4.78, 5) is 12.3. The first kappa shape index (κ1) is 24.1. The number of aryl methyl sites for hydroxylation is 1. The zero-order chi connectivity index (χ0) is 23.1. The van der Waals surface area contributed by atoms with Crippen LogP contribution in [0.3, 0.4) is 0 Å². The van der Waals surface area contributed by atoms with Gasteiger partial charge >= 0.3 is 0 Å². The van der Waals surface area contributed by atoms with Crippen LogP contribution in [0.15, 0.2) is 64.2 Å². The molecular formula is C24H21BrCl2N2O3. The summed E-state index contributed by atoms with van der Waals surface area (Å²) in [5.74, 6) is 0.806. The van der Waals surface area contributed by atoms with E-state index in [1.807, 2.05) is 44.2 Å². The van der Waals surface area contributed by atoms with Crippen molar-refractivity contribution in [2.75, 3.05) is 6.61 Å². The Morgan fingerprint density at radius 1 is 1.12 bits per heavy atom. The van der Waals surface area contributed by atoms with Crippen LogP contribution < -0.4 is 14.9 Å². The quantitative estimate of drug-likeness (QED) is 0.254. The lowest BCUT2D eigenvalue weighted by Crippen LogP contribution is -2.18. The van der Waals surface area contributed by atoms with E-state index in [-0.39, 0.29) is 12.5 Å². The summed E-state index contributed by atoms with van der Waals surface area (Å²) in [6.45, 7) is 4.46. The van der Waals surface area contributed by atoms with Gasteiger partial charge in [-0.25, -0.2) is 5.43 Å². The van der Waals surface area contributed by atoms with E-state index in [0.29, 0.717) is 38.2 Å². The molecule has 1 N–H and O–H groups in total. The second-order valence-electron chi connectivity index (χ2n) is 6.80. The summed E-state index contributed by atoms with van der Waals surface area (Å²) in [6.07, 6.45) is 1.54. The van der Waals surface area contributed by atoms with Crippen LogP contribution in [0, 0.1) is 6.92 Å². The molecule has 0 radical (unpaired) electrons. The lowest BCUT2D eigenvalue weighted by atomic mass is 10.1. The zero-order valence-electron chi connectivity index (χ0n) is 17.5. The first-order valence-corrected chi connectivity index (χ1v) is 11.4. The number of carbonyl (C=O) groups excluding carboxylic acids is 1.